The third kappa shape index (κ3) is 1.93. The van der Waals surface area contributed by atoms with Crippen LogP contribution in [0.3, 0.4) is 0 Å². The first-order valence-electron chi connectivity index (χ1n) is 5.87. The lowest BCUT2D eigenvalue weighted by atomic mass is 10.0. The third-order valence-electron chi connectivity index (χ3n) is 3.24. The monoisotopic (exact) mass is 260 g/mol. The molecular formula is C14H13FN2O2. The summed E-state index contributed by atoms with van der Waals surface area (Å²) in [5.41, 5.74) is 5.04. The Kier molecular flexibility index (Phi) is 2.85. The smallest absolute Gasteiger partial charge is 0.134 e. The van der Waals surface area contributed by atoms with E-state index in [1.165, 1.54) is 12.1 Å². The van der Waals surface area contributed by atoms with E-state index in [0.717, 1.165) is 16.5 Å². The molecule has 19 heavy (non-hydrogen) atoms. The second-order valence-corrected chi connectivity index (χ2v) is 4.39. The van der Waals surface area contributed by atoms with Gasteiger partial charge in [-0.25, -0.2) is 9.82 Å². The van der Waals surface area contributed by atoms with Gasteiger partial charge in [0.1, 0.15) is 23.2 Å². The molecule has 0 saturated heterocycles. The molecule has 0 aliphatic carbocycles. The van der Waals surface area contributed by atoms with Gasteiger partial charge in [-0.2, -0.15) is 0 Å². The normalized spacial score (nSPS) is 13.0. The fourth-order valence-corrected chi connectivity index (χ4v) is 2.25. The molecule has 3 aromatic rings. The Morgan fingerprint density at radius 3 is 2.84 bits per heavy atom. The van der Waals surface area contributed by atoms with Gasteiger partial charge in [-0.3, -0.25) is 5.84 Å². The summed E-state index contributed by atoms with van der Waals surface area (Å²) in [7, 11) is 0. The summed E-state index contributed by atoms with van der Waals surface area (Å²) in [4.78, 5) is 0. The SMILES string of the molecule is Cc1c(C(NN)c2ccoc2)oc2ccc(F)cc12. The molecule has 0 amide bonds. The molecule has 4 nitrogen and oxygen atoms in total. The number of nitrogens with one attached hydrogen (secondary N) is 1. The maximum Gasteiger partial charge on any atom is 0.134 e. The highest BCUT2D eigenvalue weighted by atomic mass is 19.1. The Labute approximate surface area is 109 Å². The second kappa shape index (κ2) is 4.53. The van der Waals surface area contributed by atoms with Gasteiger partial charge < -0.3 is 8.83 Å². The standard InChI is InChI=1S/C14H13FN2O2/c1-8-11-6-10(15)2-3-12(11)19-14(8)13(17-16)9-4-5-18-7-9/h2-7,13,17H,16H2,1H3. The van der Waals surface area contributed by atoms with Crippen LogP contribution in [-0.4, -0.2) is 0 Å². The summed E-state index contributed by atoms with van der Waals surface area (Å²) in [6.07, 6.45) is 3.16. The van der Waals surface area contributed by atoms with E-state index < -0.39 is 0 Å². The second-order valence-electron chi connectivity index (χ2n) is 4.39. The van der Waals surface area contributed by atoms with Crippen LogP contribution in [0.15, 0.2) is 45.6 Å². The lowest BCUT2D eigenvalue weighted by Crippen LogP contribution is -2.28. The average molecular weight is 260 g/mol. The van der Waals surface area contributed by atoms with Crippen LogP contribution in [0.2, 0.25) is 0 Å². The van der Waals surface area contributed by atoms with E-state index in [-0.39, 0.29) is 11.9 Å². The molecule has 0 aliphatic heterocycles. The van der Waals surface area contributed by atoms with Crippen LogP contribution in [0.25, 0.3) is 11.0 Å². The summed E-state index contributed by atoms with van der Waals surface area (Å²) >= 11 is 0. The number of hydrogen-bond acceptors (Lipinski definition) is 4. The third-order valence-corrected chi connectivity index (χ3v) is 3.24. The summed E-state index contributed by atoms with van der Waals surface area (Å²) < 4.78 is 24.1. The van der Waals surface area contributed by atoms with Crippen molar-refractivity contribution < 1.29 is 13.2 Å². The van der Waals surface area contributed by atoms with E-state index in [1.54, 1.807) is 24.7 Å². The molecule has 5 heteroatoms. The number of nitrogens with two attached hydrogens (primary N) is 1. The van der Waals surface area contributed by atoms with Gasteiger partial charge in [0, 0.05) is 16.5 Å². The van der Waals surface area contributed by atoms with Gasteiger partial charge in [-0.05, 0) is 31.2 Å². The van der Waals surface area contributed by atoms with Crippen LogP contribution in [0.4, 0.5) is 4.39 Å². The first-order valence-corrected chi connectivity index (χ1v) is 5.87. The van der Waals surface area contributed by atoms with Crippen molar-refractivity contribution in [1.29, 1.82) is 0 Å². The Morgan fingerprint density at radius 1 is 1.32 bits per heavy atom. The molecule has 2 aromatic heterocycles. The minimum Gasteiger partial charge on any atom is -0.472 e. The first-order chi connectivity index (χ1) is 9.20. The maximum absolute atomic E-state index is 13.3. The van der Waals surface area contributed by atoms with Gasteiger partial charge in [-0.1, -0.05) is 0 Å². The molecule has 0 bridgehead atoms. The fourth-order valence-electron chi connectivity index (χ4n) is 2.25. The van der Waals surface area contributed by atoms with Crippen molar-refractivity contribution >= 4 is 11.0 Å². The summed E-state index contributed by atoms with van der Waals surface area (Å²) in [5, 5.41) is 0.749. The van der Waals surface area contributed by atoms with Crippen molar-refractivity contribution in [1.82, 2.24) is 5.43 Å². The van der Waals surface area contributed by atoms with Gasteiger partial charge in [0.05, 0.1) is 12.5 Å². The highest BCUT2D eigenvalue weighted by Gasteiger charge is 2.22. The van der Waals surface area contributed by atoms with Gasteiger partial charge in [0.2, 0.25) is 0 Å². The van der Waals surface area contributed by atoms with E-state index in [1.807, 2.05) is 6.92 Å². The summed E-state index contributed by atoms with van der Waals surface area (Å²) in [5.74, 6) is 5.96. The number of furan rings is 2. The molecule has 3 rings (SSSR count). The Morgan fingerprint density at radius 2 is 2.16 bits per heavy atom. The van der Waals surface area contributed by atoms with Crippen LogP contribution in [0, 0.1) is 12.7 Å². The number of hydrogen-bond donors (Lipinski definition) is 2. The Bertz CT molecular complexity index is 704. The van der Waals surface area contributed by atoms with Crippen molar-refractivity contribution in [3.63, 3.8) is 0 Å². The number of hydrazine groups is 1. The molecule has 3 N–H and O–H groups in total. The molecule has 1 atom stereocenters. The topological polar surface area (TPSA) is 64.3 Å². The van der Waals surface area contributed by atoms with Gasteiger partial charge >= 0.3 is 0 Å². The summed E-state index contributed by atoms with van der Waals surface area (Å²) in [6, 6.07) is 5.93. The van der Waals surface area contributed by atoms with Crippen molar-refractivity contribution in [2.75, 3.05) is 0 Å². The molecule has 0 radical (unpaired) electrons. The van der Waals surface area contributed by atoms with E-state index >= 15 is 0 Å². The molecule has 1 unspecified atom stereocenters. The van der Waals surface area contributed by atoms with E-state index in [4.69, 9.17) is 14.7 Å². The van der Waals surface area contributed by atoms with Gasteiger partial charge in [-0.15, -0.1) is 0 Å². The molecule has 2 heterocycles. The van der Waals surface area contributed by atoms with Crippen LogP contribution >= 0.6 is 0 Å². The molecule has 1 aromatic carbocycles. The van der Waals surface area contributed by atoms with E-state index in [2.05, 4.69) is 5.43 Å². The highest BCUT2D eigenvalue weighted by Crippen LogP contribution is 2.32. The first kappa shape index (κ1) is 12.0. The molecule has 0 fully saturated rings. The van der Waals surface area contributed by atoms with Crippen LogP contribution in [-0.2, 0) is 0 Å². The Balaban J connectivity index is 2.16. The zero-order valence-corrected chi connectivity index (χ0v) is 10.3. The maximum atomic E-state index is 13.3. The van der Waals surface area contributed by atoms with E-state index in [0.29, 0.717) is 11.3 Å². The zero-order chi connectivity index (χ0) is 13.4. The molecule has 0 saturated carbocycles. The number of halogens is 1. The van der Waals surface area contributed by atoms with Gasteiger partial charge in [0.15, 0.2) is 0 Å². The minimum atomic E-state index is -0.325. The van der Waals surface area contributed by atoms with E-state index in [9.17, 15) is 4.39 Å². The van der Waals surface area contributed by atoms with Crippen molar-refractivity contribution in [3.05, 3.63) is 59.5 Å². The molecule has 98 valence electrons. The zero-order valence-electron chi connectivity index (χ0n) is 10.3. The van der Waals surface area contributed by atoms with Crippen molar-refractivity contribution in [2.24, 2.45) is 5.84 Å². The van der Waals surface area contributed by atoms with Gasteiger partial charge in [0.25, 0.3) is 0 Å². The quantitative estimate of drug-likeness (QED) is 0.561. The lowest BCUT2D eigenvalue weighted by Gasteiger charge is -2.12. The van der Waals surface area contributed by atoms with Crippen LogP contribution in [0.1, 0.15) is 22.9 Å². The number of fused-ring (bicyclic) bond motifs is 1. The average Bonchev–Trinajstić information content (AvgIpc) is 3.02. The predicted octanol–water partition coefficient (Wildman–Crippen LogP) is 3.03. The molecular weight excluding hydrogens is 247 g/mol. The minimum absolute atomic E-state index is 0.288. The Hall–Kier alpha value is -2.11. The van der Waals surface area contributed by atoms with Crippen molar-refractivity contribution in [2.45, 2.75) is 13.0 Å². The lowest BCUT2D eigenvalue weighted by molar-refractivity contribution is 0.468. The van der Waals surface area contributed by atoms with Crippen LogP contribution in [0.5, 0.6) is 0 Å². The van der Waals surface area contributed by atoms with Crippen molar-refractivity contribution in [3.8, 4) is 0 Å². The largest absolute Gasteiger partial charge is 0.472 e. The number of rotatable bonds is 3. The molecule has 0 aliphatic rings. The fraction of sp³-hybridized carbons (Fsp3) is 0.143. The summed E-state index contributed by atoms with van der Waals surface area (Å²) in [6.45, 7) is 1.88. The highest BCUT2D eigenvalue weighted by molar-refractivity contribution is 5.82. The molecule has 0 spiro atoms. The number of benzene rings is 1. The number of aryl methyl sites for hydroxylation is 1. The predicted molar refractivity (Wildman–Crippen MR) is 68.8 cm³/mol. The van der Waals surface area contributed by atoms with Crippen LogP contribution < -0.4 is 11.3 Å².